The molecule has 114 valence electrons. The number of halogens is 1. The van der Waals surface area contributed by atoms with Gasteiger partial charge in [0.05, 0.1) is 5.37 Å². The van der Waals surface area contributed by atoms with Crippen molar-refractivity contribution in [2.24, 2.45) is 5.92 Å². The van der Waals surface area contributed by atoms with Gasteiger partial charge in [0.25, 0.3) is 5.91 Å². The van der Waals surface area contributed by atoms with Crippen molar-refractivity contribution in [3.05, 3.63) is 28.2 Å². The van der Waals surface area contributed by atoms with Gasteiger partial charge in [-0.1, -0.05) is 13.8 Å². The van der Waals surface area contributed by atoms with Crippen molar-refractivity contribution in [1.82, 2.24) is 4.90 Å². The summed E-state index contributed by atoms with van der Waals surface area (Å²) in [4.78, 5) is 25.6. The maximum Gasteiger partial charge on any atom is 0.327 e. The molecule has 1 fully saturated rings. The van der Waals surface area contributed by atoms with Crippen molar-refractivity contribution >= 4 is 45.3 Å². The average Bonchev–Trinajstić information content (AvgIpc) is 2.86. The van der Waals surface area contributed by atoms with E-state index in [1.54, 1.807) is 18.2 Å². The van der Waals surface area contributed by atoms with Gasteiger partial charge in [-0.2, -0.15) is 0 Å². The van der Waals surface area contributed by atoms with Crippen molar-refractivity contribution in [1.29, 1.82) is 0 Å². The van der Waals surface area contributed by atoms with Gasteiger partial charge in [-0.15, -0.1) is 11.8 Å². The summed E-state index contributed by atoms with van der Waals surface area (Å²) in [7, 11) is 0. The summed E-state index contributed by atoms with van der Waals surface area (Å²) < 4.78 is 0.713. The molecule has 1 aliphatic heterocycles. The molecule has 1 heterocycles. The highest BCUT2D eigenvalue weighted by Crippen LogP contribution is 2.35. The smallest absolute Gasteiger partial charge is 0.327 e. The van der Waals surface area contributed by atoms with E-state index in [1.165, 1.54) is 16.7 Å². The fourth-order valence-corrected chi connectivity index (χ4v) is 4.03. The predicted molar refractivity (Wildman–Crippen MR) is 87.2 cm³/mol. The van der Waals surface area contributed by atoms with Gasteiger partial charge in [-0.25, -0.2) is 4.79 Å². The SMILES string of the molecule is CC(C)C1SCC(C(=O)O)N1C(=O)c1ccc(Br)c(N)c1. The van der Waals surface area contributed by atoms with Crippen molar-refractivity contribution in [3.8, 4) is 0 Å². The number of nitrogens with two attached hydrogens (primary N) is 1. The molecule has 5 nitrogen and oxygen atoms in total. The second-order valence-corrected chi connectivity index (χ2v) is 7.27. The Morgan fingerprint density at radius 3 is 2.67 bits per heavy atom. The summed E-state index contributed by atoms with van der Waals surface area (Å²) in [6.07, 6.45) is 0. The highest BCUT2D eigenvalue weighted by atomic mass is 79.9. The second kappa shape index (κ2) is 6.27. The Bertz CT molecular complexity index is 579. The summed E-state index contributed by atoms with van der Waals surface area (Å²) in [6.45, 7) is 3.97. The van der Waals surface area contributed by atoms with Gasteiger partial charge in [0.15, 0.2) is 0 Å². The van der Waals surface area contributed by atoms with Crippen LogP contribution in [0.15, 0.2) is 22.7 Å². The van der Waals surface area contributed by atoms with E-state index in [2.05, 4.69) is 15.9 Å². The Labute approximate surface area is 136 Å². The van der Waals surface area contributed by atoms with Gasteiger partial charge in [-0.05, 0) is 40.0 Å². The van der Waals surface area contributed by atoms with Crippen molar-refractivity contribution < 1.29 is 14.7 Å². The van der Waals surface area contributed by atoms with E-state index < -0.39 is 12.0 Å². The number of carbonyl (C=O) groups is 2. The first-order chi connectivity index (χ1) is 9.82. The number of carbonyl (C=O) groups excluding carboxylic acids is 1. The maximum atomic E-state index is 12.7. The number of amides is 1. The van der Waals surface area contributed by atoms with Crippen molar-refractivity contribution in [3.63, 3.8) is 0 Å². The molecule has 0 radical (unpaired) electrons. The van der Waals surface area contributed by atoms with Gasteiger partial charge in [0, 0.05) is 21.5 Å². The van der Waals surface area contributed by atoms with Gasteiger partial charge < -0.3 is 15.7 Å². The standard InChI is InChI=1S/C14H17BrN2O3S/c1-7(2)13-17(11(6-21-13)14(19)20)12(18)8-3-4-9(15)10(16)5-8/h3-5,7,11,13H,6,16H2,1-2H3,(H,19,20). The van der Waals surface area contributed by atoms with E-state index in [9.17, 15) is 14.7 Å². The molecule has 0 bridgehead atoms. The summed E-state index contributed by atoms with van der Waals surface area (Å²) in [5, 5.41) is 9.20. The van der Waals surface area contributed by atoms with Crippen LogP contribution in [-0.2, 0) is 4.79 Å². The number of nitrogens with zero attached hydrogens (tertiary/aromatic N) is 1. The first kappa shape index (κ1) is 16.2. The zero-order valence-electron chi connectivity index (χ0n) is 11.7. The van der Waals surface area contributed by atoms with E-state index in [0.29, 0.717) is 21.5 Å². The summed E-state index contributed by atoms with van der Waals surface area (Å²) in [5.74, 6) is -0.666. The number of aliphatic carboxylic acids is 1. The molecule has 1 amide bonds. The molecule has 0 aromatic heterocycles. The van der Waals surface area contributed by atoms with Crippen LogP contribution in [0.4, 0.5) is 5.69 Å². The lowest BCUT2D eigenvalue weighted by atomic mass is 10.1. The molecule has 2 rings (SSSR count). The fraction of sp³-hybridized carbons (Fsp3) is 0.429. The number of rotatable bonds is 3. The molecule has 0 saturated carbocycles. The molecule has 21 heavy (non-hydrogen) atoms. The molecule has 2 atom stereocenters. The van der Waals surface area contributed by atoms with Crippen LogP contribution in [-0.4, -0.2) is 39.1 Å². The highest BCUT2D eigenvalue weighted by Gasteiger charge is 2.43. The minimum atomic E-state index is -0.968. The second-order valence-electron chi connectivity index (χ2n) is 5.27. The normalized spacial score (nSPS) is 21.8. The predicted octanol–water partition coefficient (Wildman–Crippen LogP) is 2.66. The van der Waals surface area contributed by atoms with E-state index >= 15 is 0 Å². The van der Waals surface area contributed by atoms with Gasteiger partial charge in [0.2, 0.25) is 0 Å². The first-order valence-corrected chi connectivity index (χ1v) is 8.39. The van der Waals surface area contributed by atoms with Gasteiger partial charge >= 0.3 is 5.97 Å². The number of carboxylic acid groups (broad SMARTS) is 1. The van der Waals surface area contributed by atoms with Crippen molar-refractivity contribution in [2.75, 3.05) is 11.5 Å². The first-order valence-electron chi connectivity index (χ1n) is 6.55. The molecule has 3 N–H and O–H groups in total. The number of anilines is 1. The summed E-state index contributed by atoms with van der Waals surface area (Å²) in [6, 6.07) is 4.14. The van der Waals surface area contributed by atoms with Crippen molar-refractivity contribution in [2.45, 2.75) is 25.3 Å². The molecule has 0 aliphatic carbocycles. The summed E-state index contributed by atoms with van der Waals surface area (Å²) >= 11 is 4.79. The zero-order valence-corrected chi connectivity index (χ0v) is 14.1. The maximum absolute atomic E-state index is 12.7. The number of thioether (sulfide) groups is 1. The molecule has 0 spiro atoms. The lowest BCUT2D eigenvalue weighted by Crippen LogP contribution is -2.47. The Morgan fingerprint density at radius 2 is 2.14 bits per heavy atom. The van der Waals surface area contributed by atoms with Crippen LogP contribution in [0.3, 0.4) is 0 Å². The average molecular weight is 373 g/mol. The number of nitrogen functional groups attached to an aromatic ring is 1. The minimum absolute atomic E-state index is 0.136. The quantitative estimate of drug-likeness (QED) is 0.796. The number of benzene rings is 1. The molecule has 1 aromatic carbocycles. The van der Waals surface area contributed by atoms with Gasteiger partial charge in [-0.3, -0.25) is 4.79 Å². The molecule has 1 aromatic rings. The van der Waals surface area contributed by atoms with Crippen LogP contribution in [0.5, 0.6) is 0 Å². The van der Waals surface area contributed by atoms with Gasteiger partial charge in [0.1, 0.15) is 6.04 Å². The topological polar surface area (TPSA) is 83.6 Å². The molecule has 2 unspecified atom stereocenters. The highest BCUT2D eigenvalue weighted by molar-refractivity contribution is 9.10. The third kappa shape index (κ3) is 3.18. The largest absolute Gasteiger partial charge is 0.480 e. The third-order valence-corrected chi connectivity index (χ3v) is 5.71. The molecule has 1 aliphatic rings. The minimum Gasteiger partial charge on any atom is -0.480 e. The van der Waals surface area contributed by atoms with Crippen LogP contribution in [0.2, 0.25) is 0 Å². The van der Waals surface area contributed by atoms with E-state index in [0.717, 1.165) is 0 Å². The molecular weight excluding hydrogens is 356 g/mol. The van der Waals surface area contributed by atoms with Crippen LogP contribution < -0.4 is 5.73 Å². The monoisotopic (exact) mass is 372 g/mol. The third-order valence-electron chi connectivity index (χ3n) is 3.37. The molecule has 1 saturated heterocycles. The fourth-order valence-electron chi connectivity index (χ4n) is 2.31. The van der Waals surface area contributed by atoms with E-state index in [1.807, 2.05) is 13.8 Å². The Hall–Kier alpha value is -1.21. The Morgan fingerprint density at radius 1 is 1.48 bits per heavy atom. The van der Waals surface area contributed by atoms with Crippen LogP contribution in [0, 0.1) is 5.92 Å². The molecular formula is C14H17BrN2O3S. The Balaban J connectivity index is 2.36. The number of hydrogen-bond donors (Lipinski definition) is 2. The van der Waals surface area contributed by atoms with Crippen LogP contribution in [0.1, 0.15) is 24.2 Å². The van der Waals surface area contributed by atoms with E-state index in [4.69, 9.17) is 5.73 Å². The lowest BCUT2D eigenvalue weighted by molar-refractivity contribution is -0.141. The van der Waals surface area contributed by atoms with Crippen LogP contribution in [0.25, 0.3) is 0 Å². The lowest BCUT2D eigenvalue weighted by Gasteiger charge is -2.29. The Kier molecular flexibility index (Phi) is 4.83. The summed E-state index contributed by atoms with van der Waals surface area (Å²) in [5.41, 5.74) is 6.68. The molecule has 7 heteroatoms. The van der Waals surface area contributed by atoms with Crippen LogP contribution >= 0.6 is 27.7 Å². The van der Waals surface area contributed by atoms with E-state index in [-0.39, 0.29) is 17.2 Å². The zero-order chi connectivity index (χ0) is 15.7. The number of hydrogen-bond acceptors (Lipinski definition) is 4. The number of carboxylic acids is 1.